The molecule has 0 spiro atoms. The highest BCUT2D eigenvalue weighted by Gasteiger charge is 2.19. The standard InChI is InChI=1S/C23H28N4O6S/c1-26(16-21-24-23(25-33-21)17-7-11-19(31-2)12-8-17)22(28)6-5-15-27(34(4,29)30)18-9-13-20(32-3)14-10-18/h7-14H,5-6,15-16H2,1-4H3. The number of hydrogen-bond acceptors (Lipinski definition) is 8. The van der Waals surface area contributed by atoms with E-state index in [1.165, 1.54) is 9.21 Å². The van der Waals surface area contributed by atoms with Gasteiger partial charge in [-0.2, -0.15) is 4.98 Å². The minimum absolute atomic E-state index is 0.149. The third kappa shape index (κ3) is 6.47. The van der Waals surface area contributed by atoms with Crippen LogP contribution in [0.3, 0.4) is 0 Å². The van der Waals surface area contributed by atoms with E-state index in [-0.39, 0.29) is 25.4 Å². The van der Waals surface area contributed by atoms with Gasteiger partial charge in [0.1, 0.15) is 11.5 Å². The first-order valence-corrected chi connectivity index (χ1v) is 12.4. The van der Waals surface area contributed by atoms with Gasteiger partial charge in [-0.1, -0.05) is 5.16 Å². The number of aromatic nitrogens is 2. The van der Waals surface area contributed by atoms with Gasteiger partial charge in [-0.3, -0.25) is 9.10 Å². The maximum Gasteiger partial charge on any atom is 0.246 e. The zero-order valence-corrected chi connectivity index (χ0v) is 20.4. The van der Waals surface area contributed by atoms with Crippen molar-refractivity contribution in [3.05, 3.63) is 54.4 Å². The molecule has 11 heteroatoms. The fourth-order valence-electron chi connectivity index (χ4n) is 3.27. The predicted molar refractivity (Wildman–Crippen MR) is 127 cm³/mol. The fraction of sp³-hybridized carbons (Fsp3) is 0.348. The molecule has 3 rings (SSSR count). The second kappa shape index (κ2) is 11.0. The lowest BCUT2D eigenvalue weighted by atomic mass is 10.2. The van der Waals surface area contributed by atoms with Crippen LogP contribution in [0.2, 0.25) is 0 Å². The van der Waals surface area contributed by atoms with E-state index >= 15 is 0 Å². The normalized spacial score (nSPS) is 11.2. The van der Waals surface area contributed by atoms with Gasteiger partial charge in [0.15, 0.2) is 0 Å². The van der Waals surface area contributed by atoms with Crippen molar-refractivity contribution in [2.75, 3.05) is 38.4 Å². The molecule has 0 N–H and O–H groups in total. The average molecular weight is 489 g/mol. The lowest BCUT2D eigenvalue weighted by molar-refractivity contribution is -0.130. The zero-order valence-electron chi connectivity index (χ0n) is 19.6. The Balaban J connectivity index is 1.55. The number of rotatable bonds is 11. The third-order valence-corrected chi connectivity index (χ3v) is 6.32. The first-order chi connectivity index (χ1) is 16.2. The lowest BCUT2D eigenvalue weighted by Crippen LogP contribution is -2.32. The van der Waals surface area contributed by atoms with E-state index in [1.807, 2.05) is 12.1 Å². The van der Waals surface area contributed by atoms with Crippen LogP contribution in [-0.4, -0.2) is 63.4 Å². The van der Waals surface area contributed by atoms with Gasteiger partial charge in [0.25, 0.3) is 0 Å². The molecule has 1 heterocycles. The monoisotopic (exact) mass is 488 g/mol. The van der Waals surface area contributed by atoms with Crippen LogP contribution in [0.25, 0.3) is 11.4 Å². The molecule has 34 heavy (non-hydrogen) atoms. The van der Waals surface area contributed by atoms with Gasteiger partial charge < -0.3 is 18.9 Å². The minimum Gasteiger partial charge on any atom is -0.497 e. The molecule has 1 aromatic heterocycles. The summed E-state index contributed by atoms with van der Waals surface area (Å²) < 4.78 is 41.3. The molecule has 0 radical (unpaired) electrons. The first kappa shape index (κ1) is 25.0. The third-order valence-electron chi connectivity index (χ3n) is 5.13. The summed E-state index contributed by atoms with van der Waals surface area (Å²) in [7, 11) is 1.26. The molecule has 2 aromatic carbocycles. The Labute approximate surface area is 199 Å². The summed E-state index contributed by atoms with van der Waals surface area (Å²) in [6.07, 6.45) is 1.66. The summed E-state index contributed by atoms with van der Waals surface area (Å²) in [4.78, 5) is 18.4. The van der Waals surface area contributed by atoms with Gasteiger partial charge in [-0.05, 0) is 55.0 Å². The Hall–Kier alpha value is -3.60. The van der Waals surface area contributed by atoms with Gasteiger partial charge in [0.2, 0.25) is 27.6 Å². The van der Waals surface area contributed by atoms with E-state index in [0.717, 1.165) is 17.6 Å². The Morgan fingerprint density at radius 1 is 1.00 bits per heavy atom. The van der Waals surface area contributed by atoms with Crippen LogP contribution in [0.1, 0.15) is 18.7 Å². The molecule has 0 aliphatic carbocycles. The molecule has 182 valence electrons. The Bertz CT molecular complexity index is 1190. The van der Waals surface area contributed by atoms with E-state index in [4.69, 9.17) is 14.0 Å². The second-order valence-corrected chi connectivity index (χ2v) is 9.53. The number of hydrogen-bond donors (Lipinski definition) is 0. The minimum atomic E-state index is -3.51. The summed E-state index contributed by atoms with van der Waals surface area (Å²) in [6, 6.07) is 14.0. The van der Waals surface area contributed by atoms with Crippen molar-refractivity contribution in [2.45, 2.75) is 19.4 Å². The SMILES string of the molecule is COc1ccc(-c2noc(CN(C)C(=O)CCCN(c3ccc(OC)cc3)S(C)(=O)=O)n2)cc1. The average Bonchev–Trinajstić information content (AvgIpc) is 3.29. The summed E-state index contributed by atoms with van der Waals surface area (Å²) in [5, 5.41) is 3.97. The maximum atomic E-state index is 12.6. The summed E-state index contributed by atoms with van der Waals surface area (Å²) in [5.41, 5.74) is 1.28. The fourth-order valence-corrected chi connectivity index (χ4v) is 4.23. The number of anilines is 1. The van der Waals surface area contributed by atoms with Gasteiger partial charge in [-0.25, -0.2) is 8.42 Å². The van der Waals surface area contributed by atoms with Crippen LogP contribution in [0, 0.1) is 0 Å². The van der Waals surface area contributed by atoms with Crippen LogP contribution in [-0.2, 0) is 21.4 Å². The van der Waals surface area contributed by atoms with Crippen LogP contribution in [0.4, 0.5) is 5.69 Å². The molecular formula is C23H28N4O6S. The Kier molecular flexibility index (Phi) is 8.11. The van der Waals surface area contributed by atoms with Crippen LogP contribution >= 0.6 is 0 Å². The molecule has 0 atom stereocenters. The number of nitrogens with zero attached hydrogens (tertiary/aromatic N) is 4. The number of carbonyl (C=O) groups excluding carboxylic acids is 1. The quantitative estimate of drug-likeness (QED) is 0.405. The molecule has 10 nitrogen and oxygen atoms in total. The van der Waals surface area contributed by atoms with Crippen molar-refractivity contribution in [3.63, 3.8) is 0 Å². The van der Waals surface area contributed by atoms with Crippen molar-refractivity contribution in [2.24, 2.45) is 0 Å². The molecule has 0 saturated heterocycles. The number of carbonyl (C=O) groups is 1. The van der Waals surface area contributed by atoms with E-state index in [2.05, 4.69) is 10.1 Å². The maximum absolute atomic E-state index is 12.6. The van der Waals surface area contributed by atoms with E-state index < -0.39 is 10.0 Å². The molecule has 1 amide bonds. The summed E-state index contributed by atoms with van der Waals surface area (Å²) >= 11 is 0. The first-order valence-electron chi connectivity index (χ1n) is 10.5. The van der Waals surface area contributed by atoms with Gasteiger partial charge >= 0.3 is 0 Å². The largest absolute Gasteiger partial charge is 0.497 e. The smallest absolute Gasteiger partial charge is 0.246 e. The predicted octanol–water partition coefficient (Wildman–Crippen LogP) is 2.96. The van der Waals surface area contributed by atoms with Gasteiger partial charge in [0.05, 0.1) is 32.7 Å². The molecule has 0 saturated carbocycles. The number of benzene rings is 2. The molecule has 0 bridgehead atoms. The Morgan fingerprint density at radius 3 is 2.15 bits per heavy atom. The van der Waals surface area contributed by atoms with Crippen molar-refractivity contribution < 1.29 is 27.2 Å². The molecule has 0 unspecified atom stereocenters. The van der Waals surface area contributed by atoms with E-state index in [1.54, 1.807) is 57.7 Å². The highest BCUT2D eigenvalue weighted by atomic mass is 32.2. The number of amides is 1. The van der Waals surface area contributed by atoms with Crippen molar-refractivity contribution in [1.29, 1.82) is 0 Å². The van der Waals surface area contributed by atoms with Crippen LogP contribution in [0.5, 0.6) is 11.5 Å². The highest BCUT2D eigenvalue weighted by Crippen LogP contribution is 2.22. The van der Waals surface area contributed by atoms with E-state index in [0.29, 0.717) is 29.6 Å². The molecule has 0 aliphatic rings. The van der Waals surface area contributed by atoms with E-state index in [9.17, 15) is 13.2 Å². The molecule has 0 fully saturated rings. The topological polar surface area (TPSA) is 115 Å². The number of ether oxygens (including phenoxy) is 2. The van der Waals surface area contributed by atoms with Crippen LogP contribution < -0.4 is 13.8 Å². The van der Waals surface area contributed by atoms with Gasteiger partial charge in [0, 0.05) is 25.6 Å². The molecule has 3 aromatic rings. The van der Waals surface area contributed by atoms with Crippen molar-refractivity contribution in [1.82, 2.24) is 15.0 Å². The molecule has 0 aliphatic heterocycles. The van der Waals surface area contributed by atoms with Crippen LogP contribution in [0.15, 0.2) is 53.1 Å². The number of methoxy groups -OCH3 is 2. The van der Waals surface area contributed by atoms with Crippen molar-refractivity contribution >= 4 is 21.6 Å². The van der Waals surface area contributed by atoms with Gasteiger partial charge in [-0.15, -0.1) is 0 Å². The zero-order chi connectivity index (χ0) is 24.7. The highest BCUT2D eigenvalue weighted by molar-refractivity contribution is 7.92. The summed E-state index contributed by atoms with van der Waals surface area (Å²) in [6.45, 7) is 0.323. The second-order valence-electron chi connectivity index (χ2n) is 7.63. The molecular weight excluding hydrogens is 460 g/mol. The number of sulfonamides is 1. The Morgan fingerprint density at radius 2 is 1.59 bits per heavy atom. The lowest BCUT2D eigenvalue weighted by Gasteiger charge is -2.23. The van der Waals surface area contributed by atoms with Crippen molar-refractivity contribution in [3.8, 4) is 22.9 Å². The summed E-state index contributed by atoms with van der Waals surface area (Å²) in [5.74, 6) is 1.91.